The van der Waals surface area contributed by atoms with Gasteiger partial charge in [0, 0.05) is 6.26 Å². The molecule has 0 aromatic carbocycles. The van der Waals surface area contributed by atoms with E-state index >= 15 is 0 Å². The van der Waals surface area contributed by atoms with Gasteiger partial charge in [-0.2, -0.15) is 0 Å². The van der Waals surface area contributed by atoms with Gasteiger partial charge in [0.15, 0.2) is 0 Å². The van der Waals surface area contributed by atoms with Gasteiger partial charge in [0.1, 0.15) is 10.7 Å². The maximum atomic E-state index is 10.8. The third kappa shape index (κ3) is 6.06. The van der Waals surface area contributed by atoms with Gasteiger partial charge in [0.05, 0.1) is 10.8 Å². The second kappa shape index (κ2) is 9.45. The number of nitrogens with one attached hydrogen (secondary N) is 1. The van der Waals surface area contributed by atoms with E-state index in [1.54, 1.807) is 0 Å². The molecule has 5 heteroatoms. The van der Waals surface area contributed by atoms with Crippen molar-refractivity contribution in [3.8, 4) is 0 Å². The number of carboxylic acid groups (broad SMARTS) is 1. The first kappa shape index (κ1) is 16.3. The average Bonchev–Trinajstić information content (AvgIpc) is 2.73. The van der Waals surface area contributed by atoms with E-state index in [1.165, 1.54) is 18.4 Å². The molecule has 4 nitrogen and oxygen atoms in total. The summed E-state index contributed by atoms with van der Waals surface area (Å²) in [7, 11) is -1.14. The lowest BCUT2D eigenvalue weighted by Gasteiger charge is -1.87. The summed E-state index contributed by atoms with van der Waals surface area (Å²) >= 11 is 0. The minimum atomic E-state index is -1.14. The van der Waals surface area contributed by atoms with Crippen LogP contribution in [0, 0.1) is 0 Å². The smallest absolute Gasteiger partial charge is 0.352 e. The molecular formula is C10H19NO3S. The van der Waals surface area contributed by atoms with Crippen LogP contribution in [0.1, 0.15) is 38.2 Å². The van der Waals surface area contributed by atoms with E-state index in [9.17, 15) is 9.00 Å². The summed E-state index contributed by atoms with van der Waals surface area (Å²) in [4.78, 5) is 12.8. The van der Waals surface area contributed by atoms with Gasteiger partial charge in [0.25, 0.3) is 0 Å². The maximum Gasteiger partial charge on any atom is 0.352 e. The predicted octanol–water partition coefficient (Wildman–Crippen LogP) is 2.50. The fourth-order valence-electron chi connectivity index (χ4n) is 0.668. The molecule has 1 atom stereocenters. The molecule has 0 amide bonds. The van der Waals surface area contributed by atoms with Gasteiger partial charge in [-0.1, -0.05) is 27.7 Å². The van der Waals surface area contributed by atoms with Gasteiger partial charge in [0.2, 0.25) is 0 Å². The largest absolute Gasteiger partial charge is 0.477 e. The van der Waals surface area contributed by atoms with Crippen molar-refractivity contribution >= 4 is 16.8 Å². The van der Waals surface area contributed by atoms with Crippen LogP contribution >= 0.6 is 0 Å². The molecule has 0 aliphatic carbocycles. The average molecular weight is 233 g/mol. The Balaban J connectivity index is 0. The molecule has 1 aromatic rings. The fraction of sp³-hybridized carbons (Fsp3) is 0.500. The lowest BCUT2D eigenvalue weighted by molar-refractivity contribution is 0.0691. The van der Waals surface area contributed by atoms with Gasteiger partial charge in [-0.15, -0.1) is 0 Å². The van der Waals surface area contributed by atoms with Gasteiger partial charge in [-0.05, 0) is 12.1 Å². The zero-order valence-electron chi connectivity index (χ0n) is 9.83. The van der Waals surface area contributed by atoms with Crippen LogP contribution in [0.2, 0.25) is 0 Å². The van der Waals surface area contributed by atoms with Crippen molar-refractivity contribution in [3.63, 3.8) is 0 Å². The molecule has 0 saturated carbocycles. The van der Waals surface area contributed by atoms with Crippen LogP contribution in [0.4, 0.5) is 0 Å². The molecule has 0 saturated heterocycles. The number of carboxylic acids is 1. The Morgan fingerprint density at radius 3 is 1.93 bits per heavy atom. The highest BCUT2D eigenvalue weighted by Crippen LogP contribution is 2.04. The van der Waals surface area contributed by atoms with Crippen molar-refractivity contribution in [2.75, 3.05) is 6.26 Å². The monoisotopic (exact) mass is 233 g/mol. The van der Waals surface area contributed by atoms with Crippen LogP contribution in [0.15, 0.2) is 17.2 Å². The van der Waals surface area contributed by atoms with Crippen LogP contribution in [0.3, 0.4) is 0 Å². The number of aromatic nitrogens is 1. The molecule has 0 spiro atoms. The molecule has 0 aliphatic rings. The summed E-state index contributed by atoms with van der Waals surface area (Å²) < 4.78 is 10.8. The van der Waals surface area contributed by atoms with Crippen molar-refractivity contribution in [2.45, 2.75) is 32.7 Å². The van der Waals surface area contributed by atoms with E-state index < -0.39 is 16.8 Å². The standard InChI is InChI=1S/C6H7NO3S.2C2H6/c1-11(10)5-3-2-4(7-5)6(8)9;2*1-2/h2-3,7H,1H3,(H,8,9);2*1-2H3. The molecule has 1 rings (SSSR count). The molecule has 15 heavy (non-hydrogen) atoms. The Hall–Kier alpha value is -1.10. The molecule has 0 bridgehead atoms. The van der Waals surface area contributed by atoms with Crippen molar-refractivity contribution in [1.29, 1.82) is 0 Å². The van der Waals surface area contributed by atoms with Crippen molar-refractivity contribution < 1.29 is 14.1 Å². The number of hydrogen-bond acceptors (Lipinski definition) is 2. The lowest BCUT2D eigenvalue weighted by Crippen LogP contribution is -1.96. The number of H-pyrrole nitrogens is 1. The van der Waals surface area contributed by atoms with Crippen LogP contribution < -0.4 is 0 Å². The zero-order valence-corrected chi connectivity index (χ0v) is 10.6. The molecule has 1 unspecified atom stereocenters. The third-order valence-corrected chi connectivity index (χ3v) is 2.06. The highest BCUT2D eigenvalue weighted by Gasteiger charge is 2.06. The quantitative estimate of drug-likeness (QED) is 0.824. The minimum absolute atomic E-state index is 0.0650. The van der Waals surface area contributed by atoms with Gasteiger partial charge in [-0.3, -0.25) is 4.21 Å². The van der Waals surface area contributed by atoms with E-state index in [1.807, 2.05) is 27.7 Å². The van der Waals surface area contributed by atoms with Gasteiger partial charge in [-0.25, -0.2) is 4.79 Å². The second-order valence-electron chi connectivity index (χ2n) is 2.00. The van der Waals surface area contributed by atoms with Crippen LogP contribution in [0.25, 0.3) is 0 Å². The summed E-state index contributed by atoms with van der Waals surface area (Å²) in [6.07, 6.45) is 1.48. The summed E-state index contributed by atoms with van der Waals surface area (Å²) in [5.74, 6) is -1.04. The summed E-state index contributed by atoms with van der Waals surface area (Å²) in [5, 5.41) is 8.88. The first-order valence-electron chi connectivity index (χ1n) is 4.87. The molecule has 88 valence electrons. The van der Waals surface area contributed by atoms with E-state index in [-0.39, 0.29) is 5.69 Å². The zero-order chi connectivity index (χ0) is 12.4. The molecule has 1 aromatic heterocycles. The third-order valence-electron chi connectivity index (χ3n) is 1.20. The van der Waals surface area contributed by atoms with E-state index in [2.05, 4.69) is 4.98 Å². The number of carbonyl (C=O) groups is 1. The van der Waals surface area contributed by atoms with Crippen LogP contribution in [0.5, 0.6) is 0 Å². The van der Waals surface area contributed by atoms with E-state index in [4.69, 9.17) is 5.11 Å². The highest BCUT2D eigenvalue weighted by atomic mass is 32.2. The second-order valence-corrected chi connectivity index (χ2v) is 3.34. The predicted molar refractivity (Wildman–Crippen MR) is 62.8 cm³/mol. The molecule has 2 N–H and O–H groups in total. The van der Waals surface area contributed by atoms with Crippen LogP contribution in [-0.2, 0) is 10.8 Å². The SMILES string of the molecule is CC.CC.CS(=O)c1ccc(C(=O)O)[nH]1. The summed E-state index contributed by atoms with van der Waals surface area (Å²) in [6.45, 7) is 8.00. The van der Waals surface area contributed by atoms with Crippen molar-refractivity contribution in [1.82, 2.24) is 4.98 Å². The maximum absolute atomic E-state index is 10.8. The Kier molecular flexibility index (Phi) is 10.3. The number of aromatic amines is 1. The van der Waals surface area contributed by atoms with Crippen LogP contribution in [-0.4, -0.2) is 26.5 Å². The molecule has 1 heterocycles. The molecule has 0 fully saturated rings. The first-order chi connectivity index (χ1) is 7.11. The fourth-order valence-corrected chi connectivity index (χ4v) is 1.18. The lowest BCUT2D eigenvalue weighted by atomic mass is 10.4. The molecule has 0 aliphatic heterocycles. The first-order valence-corrected chi connectivity index (χ1v) is 6.43. The number of rotatable bonds is 2. The minimum Gasteiger partial charge on any atom is -0.477 e. The van der Waals surface area contributed by atoms with Crippen molar-refractivity contribution in [3.05, 3.63) is 17.8 Å². The normalized spacial score (nSPS) is 10.2. The van der Waals surface area contributed by atoms with Gasteiger partial charge < -0.3 is 10.1 Å². The summed E-state index contributed by atoms with van der Waals surface area (Å²) in [6, 6.07) is 2.89. The Bertz CT molecular complexity index is 279. The number of hydrogen-bond donors (Lipinski definition) is 2. The topological polar surface area (TPSA) is 70.2 Å². The molecular weight excluding hydrogens is 214 g/mol. The van der Waals surface area contributed by atoms with Crippen molar-refractivity contribution in [2.24, 2.45) is 0 Å². The Labute approximate surface area is 93.2 Å². The van der Waals surface area contributed by atoms with E-state index in [0.717, 1.165) is 0 Å². The summed E-state index contributed by atoms with van der Waals surface area (Å²) in [5.41, 5.74) is 0.0650. The van der Waals surface area contributed by atoms with Gasteiger partial charge >= 0.3 is 5.97 Å². The van der Waals surface area contributed by atoms with E-state index in [0.29, 0.717) is 5.03 Å². The number of aromatic carboxylic acids is 1. The Morgan fingerprint density at radius 2 is 1.73 bits per heavy atom. The Morgan fingerprint density at radius 1 is 1.27 bits per heavy atom. The highest BCUT2D eigenvalue weighted by molar-refractivity contribution is 7.84. The molecule has 0 radical (unpaired) electrons.